The fourth-order valence-electron chi connectivity index (χ4n) is 3.75. The molecule has 1 fully saturated rings. The van der Waals surface area contributed by atoms with Gasteiger partial charge in [0.15, 0.2) is 5.78 Å². The zero-order chi connectivity index (χ0) is 19.3. The van der Waals surface area contributed by atoms with Crippen LogP contribution in [-0.4, -0.2) is 34.7 Å². The summed E-state index contributed by atoms with van der Waals surface area (Å²) in [6.45, 7) is 1.16. The molecule has 1 aliphatic rings. The van der Waals surface area contributed by atoms with Crippen LogP contribution in [0.1, 0.15) is 33.6 Å². The van der Waals surface area contributed by atoms with E-state index in [9.17, 15) is 9.59 Å². The van der Waals surface area contributed by atoms with Crippen LogP contribution in [0, 0.1) is 5.92 Å². The Morgan fingerprint density at radius 2 is 1.50 bits per heavy atom. The second-order valence-corrected chi connectivity index (χ2v) is 7.13. The van der Waals surface area contributed by atoms with Crippen molar-refractivity contribution in [3.63, 3.8) is 0 Å². The van der Waals surface area contributed by atoms with Gasteiger partial charge < -0.3 is 4.90 Å². The van der Waals surface area contributed by atoms with Crippen LogP contribution in [0.3, 0.4) is 0 Å². The smallest absolute Gasteiger partial charge is 0.253 e. The molecule has 0 unspecified atom stereocenters. The maximum Gasteiger partial charge on any atom is 0.253 e. The van der Waals surface area contributed by atoms with Crippen molar-refractivity contribution in [3.05, 3.63) is 90.3 Å². The lowest BCUT2D eigenvalue weighted by Crippen LogP contribution is -2.42. The number of likely N-dealkylation sites (tertiary alicyclic amines) is 1. The van der Waals surface area contributed by atoms with Crippen LogP contribution >= 0.6 is 0 Å². The standard InChI is InChI=1S/C24H22N2O2/c27-23(20-10-8-19(9-11-20)18-5-2-1-3-6-18)22-7-4-16-26(17-22)24(28)21-12-14-25-15-13-21/h1-3,5-6,8-15,22H,4,7,16-17H2/t22-/m1/s1. The van der Waals surface area contributed by atoms with E-state index in [-0.39, 0.29) is 17.6 Å². The molecule has 1 saturated heterocycles. The highest BCUT2D eigenvalue weighted by atomic mass is 16.2. The Labute approximate surface area is 164 Å². The highest BCUT2D eigenvalue weighted by Crippen LogP contribution is 2.24. The maximum atomic E-state index is 13.0. The Kier molecular flexibility index (Phi) is 5.29. The number of pyridine rings is 1. The molecular formula is C24H22N2O2. The van der Waals surface area contributed by atoms with Crippen molar-refractivity contribution in [3.8, 4) is 11.1 Å². The number of carbonyl (C=O) groups excluding carboxylic acids is 2. The lowest BCUT2D eigenvalue weighted by molar-refractivity contribution is 0.0637. The third-order valence-corrected chi connectivity index (χ3v) is 5.28. The van der Waals surface area contributed by atoms with Gasteiger partial charge in [-0.15, -0.1) is 0 Å². The third-order valence-electron chi connectivity index (χ3n) is 5.28. The Morgan fingerprint density at radius 1 is 0.821 bits per heavy atom. The van der Waals surface area contributed by atoms with E-state index in [2.05, 4.69) is 17.1 Å². The van der Waals surface area contributed by atoms with Gasteiger partial charge in [-0.2, -0.15) is 0 Å². The number of hydrogen-bond acceptors (Lipinski definition) is 3. The summed E-state index contributed by atoms with van der Waals surface area (Å²) in [5, 5.41) is 0. The molecule has 2 aromatic carbocycles. The molecule has 4 nitrogen and oxygen atoms in total. The van der Waals surface area contributed by atoms with Gasteiger partial charge in [0.25, 0.3) is 5.91 Å². The lowest BCUT2D eigenvalue weighted by atomic mass is 9.89. The van der Waals surface area contributed by atoms with Gasteiger partial charge in [-0.1, -0.05) is 54.6 Å². The summed E-state index contributed by atoms with van der Waals surface area (Å²) < 4.78 is 0. The Balaban J connectivity index is 1.46. The van der Waals surface area contributed by atoms with E-state index in [1.54, 1.807) is 29.4 Å². The second kappa shape index (κ2) is 8.17. The topological polar surface area (TPSA) is 50.3 Å². The molecule has 4 heteroatoms. The molecule has 2 heterocycles. The average molecular weight is 370 g/mol. The summed E-state index contributed by atoms with van der Waals surface area (Å²) in [6, 6.07) is 21.3. The third kappa shape index (κ3) is 3.86. The van der Waals surface area contributed by atoms with Gasteiger partial charge in [0.05, 0.1) is 0 Å². The lowest BCUT2D eigenvalue weighted by Gasteiger charge is -2.32. The molecule has 0 radical (unpaired) electrons. The van der Waals surface area contributed by atoms with Gasteiger partial charge in [-0.3, -0.25) is 14.6 Å². The molecule has 4 rings (SSSR count). The molecule has 28 heavy (non-hydrogen) atoms. The first-order chi connectivity index (χ1) is 13.7. The van der Waals surface area contributed by atoms with E-state index in [1.807, 2.05) is 42.5 Å². The number of piperidine rings is 1. The minimum absolute atomic E-state index is 0.0284. The van der Waals surface area contributed by atoms with Gasteiger partial charge in [-0.05, 0) is 36.1 Å². The summed E-state index contributed by atoms with van der Waals surface area (Å²) in [5.74, 6) is -0.0618. The second-order valence-electron chi connectivity index (χ2n) is 7.13. The van der Waals surface area contributed by atoms with Crippen molar-refractivity contribution in [2.24, 2.45) is 5.92 Å². The zero-order valence-corrected chi connectivity index (χ0v) is 15.6. The molecule has 0 aliphatic carbocycles. The number of rotatable bonds is 4. The SMILES string of the molecule is O=C(c1ccc(-c2ccccc2)cc1)[C@@H]1CCCN(C(=O)c2ccncc2)C1. The highest BCUT2D eigenvalue weighted by Gasteiger charge is 2.29. The van der Waals surface area contributed by atoms with Crippen molar-refractivity contribution in [1.29, 1.82) is 0 Å². The molecule has 1 aromatic heterocycles. The van der Waals surface area contributed by atoms with Crippen LogP contribution in [-0.2, 0) is 0 Å². The largest absolute Gasteiger partial charge is 0.338 e. The predicted octanol–water partition coefficient (Wildman–Crippen LogP) is 4.48. The quantitative estimate of drug-likeness (QED) is 0.636. The summed E-state index contributed by atoms with van der Waals surface area (Å²) in [6.07, 6.45) is 4.90. The Bertz CT molecular complexity index is 953. The fraction of sp³-hybridized carbons (Fsp3) is 0.208. The predicted molar refractivity (Wildman–Crippen MR) is 109 cm³/mol. The summed E-state index contributed by atoms with van der Waals surface area (Å²) in [4.78, 5) is 31.4. The van der Waals surface area contributed by atoms with E-state index in [0.29, 0.717) is 24.2 Å². The van der Waals surface area contributed by atoms with Crippen LogP contribution < -0.4 is 0 Å². The molecule has 0 N–H and O–H groups in total. The Hall–Kier alpha value is -3.27. The van der Waals surface area contributed by atoms with Gasteiger partial charge in [0.2, 0.25) is 0 Å². The van der Waals surface area contributed by atoms with E-state index >= 15 is 0 Å². The summed E-state index contributed by atoms with van der Waals surface area (Å²) in [5.41, 5.74) is 3.56. The number of hydrogen-bond donors (Lipinski definition) is 0. The van der Waals surface area contributed by atoms with Crippen LogP contribution in [0.25, 0.3) is 11.1 Å². The normalized spacial score (nSPS) is 16.6. The average Bonchev–Trinajstić information content (AvgIpc) is 2.79. The van der Waals surface area contributed by atoms with E-state index in [1.165, 1.54) is 0 Å². The van der Waals surface area contributed by atoms with Crippen molar-refractivity contribution in [1.82, 2.24) is 9.88 Å². The van der Waals surface area contributed by atoms with Crippen LogP contribution in [0.4, 0.5) is 0 Å². The first-order valence-corrected chi connectivity index (χ1v) is 9.61. The first-order valence-electron chi connectivity index (χ1n) is 9.61. The van der Waals surface area contributed by atoms with Crippen LogP contribution in [0.5, 0.6) is 0 Å². The zero-order valence-electron chi connectivity index (χ0n) is 15.6. The number of carbonyl (C=O) groups is 2. The Morgan fingerprint density at radius 3 is 2.21 bits per heavy atom. The minimum Gasteiger partial charge on any atom is -0.338 e. The van der Waals surface area contributed by atoms with Gasteiger partial charge in [-0.25, -0.2) is 0 Å². The fourth-order valence-corrected chi connectivity index (χ4v) is 3.75. The molecule has 1 atom stereocenters. The number of benzene rings is 2. The summed E-state index contributed by atoms with van der Waals surface area (Å²) in [7, 11) is 0. The van der Waals surface area contributed by atoms with Crippen molar-refractivity contribution in [2.45, 2.75) is 12.8 Å². The van der Waals surface area contributed by atoms with E-state index < -0.39 is 0 Å². The number of ketones is 1. The van der Waals surface area contributed by atoms with Gasteiger partial charge in [0, 0.05) is 42.5 Å². The van der Waals surface area contributed by atoms with E-state index in [4.69, 9.17) is 0 Å². The number of Topliss-reactive ketones (excluding diaryl/α,β-unsaturated/α-hetero) is 1. The van der Waals surface area contributed by atoms with Crippen molar-refractivity contribution < 1.29 is 9.59 Å². The number of nitrogens with zero attached hydrogens (tertiary/aromatic N) is 2. The van der Waals surface area contributed by atoms with E-state index in [0.717, 1.165) is 24.0 Å². The minimum atomic E-state index is -0.151. The molecule has 3 aromatic rings. The molecule has 1 amide bonds. The molecular weight excluding hydrogens is 348 g/mol. The van der Waals surface area contributed by atoms with Crippen molar-refractivity contribution >= 4 is 11.7 Å². The molecule has 0 saturated carbocycles. The first kappa shape index (κ1) is 18.1. The van der Waals surface area contributed by atoms with Gasteiger partial charge in [0.1, 0.15) is 0 Å². The number of amides is 1. The molecule has 1 aliphatic heterocycles. The molecule has 0 bridgehead atoms. The van der Waals surface area contributed by atoms with Gasteiger partial charge >= 0.3 is 0 Å². The molecule has 140 valence electrons. The van der Waals surface area contributed by atoms with Crippen LogP contribution in [0.2, 0.25) is 0 Å². The van der Waals surface area contributed by atoms with Crippen molar-refractivity contribution in [2.75, 3.05) is 13.1 Å². The highest BCUT2D eigenvalue weighted by molar-refractivity contribution is 5.99. The monoisotopic (exact) mass is 370 g/mol. The molecule has 0 spiro atoms. The summed E-state index contributed by atoms with van der Waals surface area (Å²) >= 11 is 0. The maximum absolute atomic E-state index is 13.0. The van der Waals surface area contributed by atoms with Crippen LogP contribution in [0.15, 0.2) is 79.1 Å². The number of aromatic nitrogens is 1.